The normalized spacial score (nSPS) is 23.5. The maximum Gasteiger partial charge on any atom is 0.335 e. The van der Waals surface area contributed by atoms with Gasteiger partial charge in [-0.1, -0.05) is 18.5 Å². The summed E-state index contributed by atoms with van der Waals surface area (Å²) in [5.74, 6) is -0.613. The summed E-state index contributed by atoms with van der Waals surface area (Å²) in [6.07, 6.45) is 2.97. The van der Waals surface area contributed by atoms with E-state index in [1.54, 1.807) is 0 Å². The Kier molecular flexibility index (Phi) is 4.39. The zero-order valence-electron chi connectivity index (χ0n) is 11.2. The molecule has 1 saturated carbocycles. The van der Waals surface area contributed by atoms with Crippen molar-refractivity contribution in [1.82, 2.24) is 0 Å². The third-order valence-corrected chi connectivity index (χ3v) is 6.63. The van der Waals surface area contributed by atoms with Crippen molar-refractivity contribution in [2.75, 3.05) is 0 Å². The summed E-state index contributed by atoms with van der Waals surface area (Å²) in [5, 5.41) is 8.61. The van der Waals surface area contributed by atoms with Crippen LogP contribution >= 0.6 is 11.6 Å². The lowest BCUT2D eigenvalue weighted by molar-refractivity contribution is 0.0696. The Balaban J connectivity index is 2.38. The van der Waals surface area contributed by atoms with Crippen molar-refractivity contribution in [3.05, 3.63) is 28.8 Å². The van der Waals surface area contributed by atoms with Crippen LogP contribution in [0, 0.1) is 5.92 Å². The number of hydrogen-bond donors (Lipinski definition) is 1. The van der Waals surface area contributed by atoms with E-state index >= 15 is 0 Å². The molecule has 4 nitrogen and oxygen atoms in total. The molecule has 1 N–H and O–H groups in total. The Morgan fingerprint density at radius 3 is 2.40 bits per heavy atom. The van der Waals surface area contributed by atoms with Crippen molar-refractivity contribution in [3.63, 3.8) is 0 Å². The monoisotopic (exact) mass is 316 g/mol. The molecule has 0 amide bonds. The first kappa shape index (κ1) is 15.3. The number of carboxylic acid groups (broad SMARTS) is 1. The minimum atomic E-state index is -3.57. The van der Waals surface area contributed by atoms with Crippen LogP contribution < -0.4 is 0 Å². The maximum atomic E-state index is 12.6. The van der Waals surface area contributed by atoms with Gasteiger partial charge in [0.2, 0.25) is 0 Å². The average Bonchev–Trinajstić information content (AvgIpc) is 2.39. The Bertz CT molecular complexity index is 616. The standard InChI is InChI=1S/C14H17ClO4S/c1-9-2-5-11(6-3-9)20(18,19)13-8-10(14(16)17)4-7-12(13)15/h4,7-9,11H,2-3,5-6H2,1H3,(H,16,17). The predicted molar refractivity (Wildman–Crippen MR) is 77.0 cm³/mol. The van der Waals surface area contributed by atoms with Crippen LogP contribution in [0.25, 0.3) is 0 Å². The Hall–Kier alpha value is -1.07. The zero-order valence-corrected chi connectivity index (χ0v) is 12.7. The Labute approximate surface area is 123 Å². The summed E-state index contributed by atoms with van der Waals surface area (Å²) in [5.41, 5.74) is -0.0582. The van der Waals surface area contributed by atoms with E-state index < -0.39 is 21.1 Å². The van der Waals surface area contributed by atoms with Crippen molar-refractivity contribution >= 4 is 27.4 Å². The van der Waals surface area contributed by atoms with Crippen LogP contribution in [0.4, 0.5) is 0 Å². The molecule has 1 aliphatic rings. The number of benzene rings is 1. The third kappa shape index (κ3) is 2.99. The second-order valence-corrected chi connectivity index (χ2v) is 7.98. The zero-order chi connectivity index (χ0) is 14.9. The van der Waals surface area contributed by atoms with Crippen LogP contribution in [0.15, 0.2) is 23.1 Å². The summed E-state index contributed by atoms with van der Waals surface area (Å²) < 4.78 is 25.2. The Morgan fingerprint density at radius 2 is 1.85 bits per heavy atom. The highest BCUT2D eigenvalue weighted by molar-refractivity contribution is 7.92. The smallest absolute Gasteiger partial charge is 0.335 e. The molecule has 1 aromatic carbocycles. The highest BCUT2D eigenvalue weighted by Crippen LogP contribution is 2.34. The fraction of sp³-hybridized carbons (Fsp3) is 0.500. The molecule has 110 valence electrons. The number of rotatable bonds is 3. The molecule has 0 aromatic heterocycles. The molecule has 6 heteroatoms. The van der Waals surface area contributed by atoms with Crippen molar-refractivity contribution in [3.8, 4) is 0 Å². The minimum absolute atomic E-state index is 0.0568. The van der Waals surface area contributed by atoms with Crippen LogP contribution in [-0.2, 0) is 9.84 Å². The summed E-state index contributed by atoms with van der Waals surface area (Å²) in [7, 11) is -3.57. The lowest BCUT2D eigenvalue weighted by Gasteiger charge is -2.26. The number of carboxylic acids is 1. The quantitative estimate of drug-likeness (QED) is 0.927. The van der Waals surface area contributed by atoms with Crippen LogP contribution in [0.5, 0.6) is 0 Å². The molecule has 0 bridgehead atoms. The molecule has 0 spiro atoms. The first-order valence-electron chi connectivity index (χ1n) is 6.59. The fourth-order valence-corrected chi connectivity index (χ4v) is 4.90. The minimum Gasteiger partial charge on any atom is -0.478 e. The molecular weight excluding hydrogens is 300 g/mol. The van der Waals surface area contributed by atoms with E-state index in [4.69, 9.17) is 16.7 Å². The number of sulfone groups is 1. The van der Waals surface area contributed by atoms with Crippen LogP contribution in [0.1, 0.15) is 43.0 Å². The number of carbonyl (C=O) groups is 1. The van der Waals surface area contributed by atoms with Gasteiger partial charge in [-0.3, -0.25) is 0 Å². The predicted octanol–water partition coefficient (Wildman–Crippen LogP) is 3.39. The van der Waals surface area contributed by atoms with Gasteiger partial charge >= 0.3 is 5.97 Å². The van der Waals surface area contributed by atoms with Gasteiger partial charge in [-0.15, -0.1) is 0 Å². The number of aromatic carboxylic acids is 1. The summed E-state index contributed by atoms with van der Waals surface area (Å²) in [4.78, 5) is 10.9. The Morgan fingerprint density at radius 1 is 1.25 bits per heavy atom. The molecule has 1 fully saturated rings. The van der Waals surface area contributed by atoms with E-state index in [1.165, 1.54) is 12.1 Å². The third-order valence-electron chi connectivity index (χ3n) is 3.89. The number of halogens is 1. The highest BCUT2D eigenvalue weighted by atomic mass is 35.5. The maximum absolute atomic E-state index is 12.6. The SMILES string of the molecule is CC1CCC(S(=O)(=O)c2cc(C(=O)O)ccc2Cl)CC1. The van der Waals surface area contributed by atoms with E-state index in [1.807, 2.05) is 0 Å². The van der Waals surface area contributed by atoms with Gasteiger partial charge in [-0.25, -0.2) is 13.2 Å². The molecule has 20 heavy (non-hydrogen) atoms. The van der Waals surface area contributed by atoms with E-state index in [0.29, 0.717) is 18.8 Å². The van der Waals surface area contributed by atoms with Gasteiger partial charge < -0.3 is 5.11 Å². The lowest BCUT2D eigenvalue weighted by Crippen LogP contribution is -2.27. The molecule has 0 radical (unpaired) electrons. The van der Waals surface area contributed by atoms with Gasteiger partial charge in [0.1, 0.15) is 0 Å². The molecule has 0 atom stereocenters. The van der Waals surface area contributed by atoms with Crippen molar-refractivity contribution < 1.29 is 18.3 Å². The van der Waals surface area contributed by atoms with Crippen molar-refractivity contribution in [1.29, 1.82) is 0 Å². The van der Waals surface area contributed by atoms with E-state index in [9.17, 15) is 13.2 Å². The first-order chi connectivity index (χ1) is 9.32. The van der Waals surface area contributed by atoms with Gasteiger partial charge in [0.05, 0.1) is 20.7 Å². The lowest BCUT2D eigenvalue weighted by atomic mass is 9.91. The molecule has 0 heterocycles. The van der Waals surface area contributed by atoms with Gasteiger partial charge in [-0.2, -0.15) is 0 Å². The first-order valence-corrected chi connectivity index (χ1v) is 8.51. The number of hydrogen-bond acceptors (Lipinski definition) is 3. The largest absolute Gasteiger partial charge is 0.478 e. The van der Waals surface area contributed by atoms with Gasteiger partial charge in [0.25, 0.3) is 0 Å². The van der Waals surface area contributed by atoms with E-state index in [0.717, 1.165) is 18.9 Å². The average molecular weight is 317 g/mol. The highest BCUT2D eigenvalue weighted by Gasteiger charge is 2.32. The molecule has 2 rings (SSSR count). The molecule has 0 saturated heterocycles. The van der Waals surface area contributed by atoms with Crippen LogP contribution in [0.2, 0.25) is 5.02 Å². The second kappa shape index (κ2) is 5.74. The summed E-state index contributed by atoms with van der Waals surface area (Å²) >= 11 is 5.96. The molecule has 1 aromatic rings. The molecule has 0 unspecified atom stereocenters. The molecular formula is C14H17ClO4S. The molecule has 1 aliphatic carbocycles. The summed E-state index contributed by atoms with van der Waals surface area (Å²) in [6, 6.07) is 3.81. The van der Waals surface area contributed by atoms with E-state index in [-0.39, 0.29) is 15.5 Å². The molecule has 0 aliphatic heterocycles. The van der Waals surface area contributed by atoms with Gasteiger partial charge in [-0.05, 0) is 49.8 Å². The van der Waals surface area contributed by atoms with Crippen molar-refractivity contribution in [2.45, 2.75) is 42.8 Å². The fourth-order valence-electron chi connectivity index (χ4n) is 2.57. The summed E-state index contributed by atoms with van der Waals surface area (Å²) in [6.45, 7) is 2.11. The van der Waals surface area contributed by atoms with Crippen LogP contribution in [-0.4, -0.2) is 24.7 Å². The topological polar surface area (TPSA) is 71.4 Å². The van der Waals surface area contributed by atoms with Gasteiger partial charge in [0.15, 0.2) is 9.84 Å². The van der Waals surface area contributed by atoms with Crippen molar-refractivity contribution in [2.24, 2.45) is 5.92 Å². The van der Waals surface area contributed by atoms with Gasteiger partial charge in [0, 0.05) is 0 Å². The van der Waals surface area contributed by atoms with E-state index in [2.05, 4.69) is 6.92 Å². The van der Waals surface area contributed by atoms with Crippen LogP contribution in [0.3, 0.4) is 0 Å². The second-order valence-electron chi connectivity index (χ2n) is 5.38.